The summed E-state index contributed by atoms with van der Waals surface area (Å²) in [4.78, 5) is 0. The Hall–Kier alpha value is -1.68. The van der Waals surface area contributed by atoms with Crippen molar-refractivity contribution in [2.75, 3.05) is 0 Å². The lowest BCUT2D eigenvalue weighted by Crippen LogP contribution is -2.04. The third kappa shape index (κ3) is 2.36. The van der Waals surface area contributed by atoms with Gasteiger partial charge in [-0.3, -0.25) is 0 Å². The zero-order valence-corrected chi connectivity index (χ0v) is 10.5. The second-order valence-corrected chi connectivity index (χ2v) is 4.34. The number of benzene rings is 1. The highest BCUT2D eigenvalue weighted by molar-refractivity contribution is 5.39. The summed E-state index contributed by atoms with van der Waals surface area (Å²) in [6.45, 7) is 6.18. The van der Waals surface area contributed by atoms with E-state index in [0.717, 1.165) is 17.8 Å². The van der Waals surface area contributed by atoms with Crippen LogP contribution in [0.1, 0.15) is 36.7 Å². The van der Waals surface area contributed by atoms with Crippen LogP contribution in [0.25, 0.3) is 5.69 Å². The minimum Gasteiger partial charge on any atom is -0.323 e. The van der Waals surface area contributed by atoms with E-state index in [1.54, 1.807) is 4.68 Å². The van der Waals surface area contributed by atoms with Crippen LogP contribution < -0.4 is 5.73 Å². The molecule has 0 spiro atoms. The lowest BCUT2D eigenvalue weighted by atomic mass is 10.1. The Bertz CT molecular complexity index is 514. The van der Waals surface area contributed by atoms with Crippen molar-refractivity contribution in [3.8, 4) is 5.69 Å². The highest BCUT2D eigenvalue weighted by Crippen LogP contribution is 2.15. The first-order valence-corrected chi connectivity index (χ1v) is 5.89. The Balaban J connectivity index is 2.36. The van der Waals surface area contributed by atoms with Crippen LogP contribution in [-0.4, -0.2) is 15.0 Å². The molecule has 0 aliphatic carbocycles. The number of hydrogen-bond donors (Lipinski definition) is 1. The number of aromatic nitrogens is 3. The van der Waals surface area contributed by atoms with E-state index in [1.807, 2.05) is 13.1 Å². The van der Waals surface area contributed by atoms with Gasteiger partial charge in [0.05, 0.1) is 17.6 Å². The zero-order valence-electron chi connectivity index (χ0n) is 10.5. The largest absolute Gasteiger partial charge is 0.323 e. The molecule has 0 aliphatic heterocycles. The molecule has 1 atom stereocenters. The molecule has 2 aromatic rings. The first kappa shape index (κ1) is 11.8. The summed E-state index contributed by atoms with van der Waals surface area (Å²) in [5, 5.41) is 8.14. The molecule has 4 nitrogen and oxygen atoms in total. The smallest absolute Gasteiger partial charge is 0.0995 e. The Kier molecular flexibility index (Phi) is 3.24. The van der Waals surface area contributed by atoms with Crippen LogP contribution in [0.3, 0.4) is 0 Å². The highest BCUT2D eigenvalue weighted by atomic mass is 15.4. The van der Waals surface area contributed by atoms with Gasteiger partial charge in [-0.25, -0.2) is 4.68 Å². The third-order valence-corrected chi connectivity index (χ3v) is 2.95. The Morgan fingerprint density at radius 2 is 2.18 bits per heavy atom. The minimum atomic E-state index is -0.0836. The number of rotatable bonds is 3. The highest BCUT2D eigenvalue weighted by Gasteiger charge is 2.07. The quantitative estimate of drug-likeness (QED) is 0.879. The van der Waals surface area contributed by atoms with Crippen LogP contribution >= 0.6 is 0 Å². The Morgan fingerprint density at radius 3 is 2.71 bits per heavy atom. The summed E-state index contributed by atoms with van der Waals surface area (Å²) in [6.07, 6.45) is 2.93. The van der Waals surface area contributed by atoms with Gasteiger partial charge in [-0.1, -0.05) is 18.2 Å². The molecule has 0 amide bonds. The van der Waals surface area contributed by atoms with Crippen molar-refractivity contribution in [3.05, 3.63) is 41.2 Å². The SMILES string of the molecule is CCc1ccc(-n2cc(C(C)N)nn2)cc1C. The van der Waals surface area contributed by atoms with Crippen molar-refractivity contribution < 1.29 is 0 Å². The topological polar surface area (TPSA) is 56.7 Å². The predicted molar refractivity (Wildman–Crippen MR) is 68.1 cm³/mol. The van der Waals surface area contributed by atoms with E-state index in [1.165, 1.54) is 11.1 Å². The molecule has 0 saturated carbocycles. The summed E-state index contributed by atoms with van der Waals surface area (Å²) in [7, 11) is 0. The molecule has 90 valence electrons. The van der Waals surface area contributed by atoms with E-state index in [9.17, 15) is 0 Å². The van der Waals surface area contributed by atoms with Gasteiger partial charge < -0.3 is 5.73 Å². The van der Waals surface area contributed by atoms with Crippen molar-refractivity contribution in [2.24, 2.45) is 5.73 Å². The molecule has 0 bridgehead atoms. The molecule has 1 heterocycles. The normalized spacial score (nSPS) is 12.7. The molecule has 4 heteroatoms. The summed E-state index contributed by atoms with van der Waals surface area (Å²) in [5.41, 5.74) is 10.2. The average molecular weight is 230 g/mol. The van der Waals surface area contributed by atoms with Gasteiger partial charge in [-0.05, 0) is 43.5 Å². The molecule has 1 aromatic heterocycles. The first-order valence-electron chi connectivity index (χ1n) is 5.89. The van der Waals surface area contributed by atoms with Gasteiger partial charge >= 0.3 is 0 Å². The minimum absolute atomic E-state index is 0.0836. The lowest BCUT2D eigenvalue weighted by molar-refractivity contribution is 0.756. The molecule has 17 heavy (non-hydrogen) atoms. The maximum Gasteiger partial charge on any atom is 0.0995 e. The number of aryl methyl sites for hydroxylation is 2. The van der Waals surface area contributed by atoms with Crippen molar-refractivity contribution in [1.29, 1.82) is 0 Å². The van der Waals surface area contributed by atoms with Gasteiger partial charge in [0, 0.05) is 6.04 Å². The maximum atomic E-state index is 5.76. The number of hydrogen-bond acceptors (Lipinski definition) is 3. The van der Waals surface area contributed by atoms with E-state index < -0.39 is 0 Å². The second-order valence-electron chi connectivity index (χ2n) is 4.34. The maximum absolute atomic E-state index is 5.76. The first-order chi connectivity index (χ1) is 8.11. The summed E-state index contributed by atoms with van der Waals surface area (Å²) < 4.78 is 1.77. The fourth-order valence-electron chi connectivity index (χ4n) is 1.83. The van der Waals surface area contributed by atoms with Gasteiger partial charge in [-0.15, -0.1) is 5.10 Å². The molecular weight excluding hydrogens is 212 g/mol. The van der Waals surface area contributed by atoms with E-state index in [2.05, 4.69) is 42.4 Å². The Labute approximate surface area is 101 Å². The van der Waals surface area contributed by atoms with Crippen LogP contribution in [0.5, 0.6) is 0 Å². The molecule has 0 aliphatic rings. The molecular formula is C13H18N4. The molecule has 1 unspecified atom stereocenters. The number of nitrogens with two attached hydrogens (primary N) is 1. The van der Waals surface area contributed by atoms with Crippen LogP contribution in [0.4, 0.5) is 0 Å². The number of nitrogens with zero attached hydrogens (tertiary/aromatic N) is 3. The lowest BCUT2D eigenvalue weighted by Gasteiger charge is -2.06. The van der Waals surface area contributed by atoms with Gasteiger partial charge in [0.1, 0.15) is 0 Å². The Morgan fingerprint density at radius 1 is 1.41 bits per heavy atom. The standard InChI is InChI=1S/C13H18N4/c1-4-11-5-6-12(7-9(11)2)17-8-13(10(3)14)15-16-17/h5-8,10H,4,14H2,1-3H3. The monoisotopic (exact) mass is 230 g/mol. The van der Waals surface area contributed by atoms with E-state index in [0.29, 0.717) is 0 Å². The molecule has 1 aromatic carbocycles. The van der Waals surface area contributed by atoms with Gasteiger partial charge in [0.25, 0.3) is 0 Å². The second kappa shape index (κ2) is 4.67. The van der Waals surface area contributed by atoms with Gasteiger partial charge in [-0.2, -0.15) is 0 Å². The van der Waals surface area contributed by atoms with Crippen LogP contribution in [0, 0.1) is 6.92 Å². The van der Waals surface area contributed by atoms with Crippen LogP contribution in [0.15, 0.2) is 24.4 Å². The summed E-state index contributed by atoms with van der Waals surface area (Å²) in [5.74, 6) is 0. The van der Waals surface area contributed by atoms with Crippen molar-refractivity contribution in [3.63, 3.8) is 0 Å². The zero-order chi connectivity index (χ0) is 12.4. The predicted octanol–water partition coefficient (Wildman–Crippen LogP) is 2.16. The van der Waals surface area contributed by atoms with E-state index >= 15 is 0 Å². The molecule has 2 N–H and O–H groups in total. The van der Waals surface area contributed by atoms with Gasteiger partial charge in [0.2, 0.25) is 0 Å². The van der Waals surface area contributed by atoms with Crippen LogP contribution in [-0.2, 0) is 6.42 Å². The fourth-order valence-corrected chi connectivity index (χ4v) is 1.83. The molecule has 0 saturated heterocycles. The fraction of sp³-hybridized carbons (Fsp3) is 0.385. The molecule has 0 fully saturated rings. The van der Waals surface area contributed by atoms with Crippen molar-refractivity contribution >= 4 is 0 Å². The average Bonchev–Trinajstić information content (AvgIpc) is 2.78. The van der Waals surface area contributed by atoms with Crippen molar-refractivity contribution in [1.82, 2.24) is 15.0 Å². The molecule has 2 rings (SSSR count). The summed E-state index contributed by atoms with van der Waals surface area (Å²) >= 11 is 0. The van der Waals surface area contributed by atoms with Gasteiger partial charge in [0.15, 0.2) is 0 Å². The third-order valence-electron chi connectivity index (χ3n) is 2.95. The van der Waals surface area contributed by atoms with E-state index in [-0.39, 0.29) is 6.04 Å². The van der Waals surface area contributed by atoms with Crippen LogP contribution in [0.2, 0.25) is 0 Å². The summed E-state index contributed by atoms with van der Waals surface area (Å²) in [6, 6.07) is 6.24. The molecule has 0 radical (unpaired) electrons. The van der Waals surface area contributed by atoms with E-state index in [4.69, 9.17) is 5.73 Å². The van der Waals surface area contributed by atoms with Crippen molar-refractivity contribution in [2.45, 2.75) is 33.2 Å².